The average Bonchev–Trinajstić information content (AvgIpc) is 2.57. The van der Waals surface area contributed by atoms with Crippen molar-refractivity contribution in [3.05, 3.63) is 36.0 Å². The first-order chi connectivity index (χ1) is 5.88. The zero-order chi connectivity index (χ0) is 8.39. The Balaban J connectivity index is 0.000000845. The molecule has 1 heterocycles. The number of aromatic nitrogens is 3. The van der Waals surface area contributed by atoms with E-state index in [0.29, 0.717) is 0 Å². The van der Waals surface area contributed by atoms with E-state index in [1.54, 1.807) is 6.20 Å². The Morgan fingerprint density at radius 2 is 2.00 bits per heavy atom. The van der Waals surface area contributed by atoms with Crippen molar-refractivity contribution in [1.29, 1.82) is 0 Å². The van der Waals surface area contributed by atoms with Gasteiger partial charge in [0.15, 0.2) is 0 Å². The van der Waals surface area contributed by atoms with Crippen molar-refractivity contribution in [2.45, 2.75) is 6.92 Å². The van der Waals surface area contributed by atoms with Crippen molar-refractivity contribution >= 4 is 0 Å². The van der Waals surface area contributed by atoms with Crippen molar-refractivity contribution in [1.82, 2.24) is 15.4 Å². The molecule has 0 bridgehead atoms. The topological polar surface area (TPSA) is 41.6 Å². The van der Waals surface area contributed by atoms with Gasteiger partial charge in [-0.1, -0.05) is 29.5 Å². The van der Waals surface area contributed by atoms with Crippen LogP contribution >= 0.6 is 0 Å². The van der Waals surface area contributed by atoms with Crippen molar-refractivity contribution in [2.24, 2.45) is 0 Å². The molecule has 2 rings (SSSR count). The van der Waals surface area contributed by atoms with Crippen LogP contribution in [-0.2, 0) is 17.1 Å². The molecule has 1 N–H and O–H groups in total. The maximum atomic E-state index is 3.94. The summed E-state index contributed by atoms with van der Waals surface area (Å²) in [6.45, 7) is 2.06. The summed E-state index contributed by atoms with van der Waals surface area (Å²) in [6, 6.07) is 8.10. The summed E-state index contributed by atoms with van der Waals surface area (Å²) in [4.78, 5) is 0. The van der Waals surface area contributed by atoms with E-state index in [0.717, 1.165) is 11.3 Å². The molecule has 68 valence electrons. The minimum atomic E-state index is 0. The predicted molar refractivity (Wildman–Crippen MR) is 46.6 cm³/mol. The Morgan fingerprint density at radius 1 is 1.23 bits per heavy atom. The first-order valence-electron chi connectivity index (χ1n) is 3.80. The molecule has 0 atom stereocenters. The maximum Gasteiger partial charge on any atom is 0.113 e. The van der Waals surface area contributed by atoms with Gasteiger partial charge >= 0.3 is 0 Å². The molecule has 0 radical (unpaired) electrons. The third kappa shape index (κ3) is 1.97. The van der Waals surface area contributed by atoms with Gasteiger partial charge < -0.3 is 0 Å². The monoisotopic (exact) mass is 215 g/mol. The summed E-state index contributed by atoms with van der Waals surface area (Å²) in [5.41, 5.74) is 3.24. The molecule has 1 aromatic carbocycles. The molecule has 3 nitrogen and oxygen atoms in total. The minimum Gasteiger partial charge on any atom is -0.265 e. The van der Waals surface area contributed by atoms with Gasteiger partial charge in [-0.25, -0.2) is 0 Å². The van der Waals surface area contributed by atoms with Gasteiger partial charge in [-0.05, 0) is 12.5 Å². The standard InChI is InChI=1S/C9H9N3.Fe/c1-7-4-2-3-5-8(7)9-6-10-12-11-9;/h2-6H,1H3,(H,10,11,12);. The second-order valence-corrected chi connectivity index (χ2v) is 2.67. The van der Waals surface area contributed by atoms with Crippen LogP contribution in [0.2, 0.25) is 0 Å². The van der Waals surface area contributed by atoms with Crippen LogP contribution in [0.15, 0.2) is 30.5 Å². The van der Waals surface area contributed by atoms with Gasteiger partial charge in [0.2, 0.25) is 0 Å². The Bertz CT molecular complexity index is 370. The maximum absolute atomic E-state index is 3.94. The van der Waals surface area contributed by atoms with E-state index in [4.69, 9.17) is 0 Å². The zero-order valence-electron chi connectivity index (χ0n) is 7.13. The van der Waals surface area contributed by atoms with E-state index in [1.807, 2.05) is 18.2 Å². The third-order valence-corrected chi connectivity index (χ3v) is 1.84. The summed E-state index contributed by atoms with van der Waals surface area (Å²) >= 11 is 0. The van der Waals surface area contributed by atoms with Crippen LogP contribution in [-0.4, -0.2) is 15.4 Å². The second kappa shape index (κ2) is 4.21. The number of aryl methyl sites for hydroxylation is 1. The van der Waals surface area contributed by atoms with E-state index >= 15 is 0 Å². The van der Waals surface area contributed by atoms with Gasteiger partial charge in [-0.3, -0.25) is 5.10 Å². The predicted octanol–water partition coefficient (Wildman–Crippen LogP) is 1.78. The number of hydrogen-bond donors (Lipinski definition) is 1. The molecule has 0 aliphatic rings. The summed E-state index contributed by atoms with van der Waals surface area (Å²) in [7, 11) is 0. The average molecular weight is 215 g/mol. The largest absolute Gasteiger partial charge is 0.265 e. The Morgan fingerprint density at radius 3 is 2.62 bits per heavy atom. The van der Waals surface area contributed by atoms with Gasteiger partial charge in [-0.15, -0.1) is 5.10 Å². The summed E-state index contributed by atoms with van der Waals surface area (Å²) in [5, 5.41) is 10.3. The minimum absolute atomic E-state index is 0. The van der Waals surface area contributed by atoms with E-state index in [9.17, 15) is 0 Å². The van der Waals surface area contributed by atoms with Crippen LogP contribution in [0.5, 0.6) is 0 Å². The molecule has 4 heteroatoms. The fraction of sp³-hybridized carbons (Fsp3) is 0.111. The molecule has 0 amide bonds. The SMILES string of the molecule is Cc1ccccc1-c1c[nH]nn1.[Fe]. The van der Waals surface area contributed by atoms with E-state index in [1.165, 1.54) is 5.56 Å². The number of hydrogen-bond acceptors (Lipinski definition) is 2. The number of H-pyrrole nitrogens is 1. The van der Waals surface area contributed by atoms with Gasteiger partial charge in [-0.2, -0.15) is 0 Å². The third-order valence-electron chi connectivity index (χ3n) is 1.84. The van der Waals surface area contributed by atoms with Gasteiger partial charge in [0.25, 0.3) is 0 Å². The first kappa shape index (κ1) is 9.96. The van der Waals surface area contributed by atoms with E-state index in [-0.39, 0.29) is 17.1 Å². The van der Waals surface area contributed by atoms with Crippen LogP contribution in [0, 0.1) is 6.92 Å². The van der Waals surface area contributed by atoms with Crippen molar-refractivity contribution in [3.63, 3.8) is 0 Å². The summed E-state index contributed by atoms with van der Waals surface area (Å²) < 4.78 is 0. The van der Waals surface area contributed by atoms with Gasteiger partial charge in [0.05, 0.1) is 0 Å². The molecule has 0 spiro atoms. The summed E-state index contributed by atoms with van der Waals surface area (Å²) in [5.74, 6) is 0. The molecule has 13 heavy (non-hydrogen) atoms. The smallest absolute Gasteiger partial charge is 0.113 e. The van der Waals surface area contributed by atoms with E-state index < -0.39 is 0 Å². The second-order valence-electron chi connectivity index (χ2n) is 2.67. The number of nitrogens with zero attached hydrogens (tertiary/aromatic N) is 2. The van der Waals surface area contributed by atoms with Crippen molar-refractivity contribution in [2.75, 3.05) is 0 Å². The Labute approximate surface area is 87.0 Å². The molecule has 2 aromatic rings. The van der Waals surface area contributed by atoms with Crippen LogP contribution < -0.4 is 0 Å². The molecule has 0 saturated heterocycles. The zero-order valence-corrected chi connectivity index (χ0v) is 8.24. The number of benzene rings is 1. The van der Waals surface area contributed by atoms with Crippen LogP contribution in [0.25, 0.3) is 11.3 Å². The molecular formula is C9H9FeN3. The normalized spacial score (nSPS) is 9.31. The fourth-order valence-electron chi connectivity index (χ4n) is 1.19. The first-order valence-corrected chi connectivity index (χ1v) is 3.80. The molecular weight excluding hydrogens is 206 g/mol. The van der Waals surface area contributed by atoms with Crippen molar-refractivity contribution in [3.8, 4) is 11.3 Å². The van der Waals surface area contributed by atoms with Crippen LogP contribution in [0.1, 0.15) is 5.56 Å². The fourth-order valence-corrected chi connectivity index (χ4v) is 1.19. The van der Waals surface area contributed by atoms with Crippen LogP contribution in [0.3, 0.4) is 0 Å². The molecule has 0 aliphatic heterocycles. The van der Waals surface area contributed by atoms with Gasteiger partial charge in [0, 0.05) is 28.8 Å². The number of aromatic amines is 1. The molecule has 0 saturated carbocycles. The number of rotatable bonds is 1. The number of nitrogens with one attached hydrogen (secondary N) is 1. The van der Waals surface area contributed by atoms with E-state index in [2.05, 4.69) is 28.4 Å². The molecule has 0 aliphatic carbocycles. The Hall–Kier alpha value is -1.12. The molecule has 0 unspecified atom stereocenters. The summed E-state index contributed by atoms with van der Waals surface area (Å²) in [6.07, 6.45) is 1.79. The van der Waals surface area contributed by atoms with Crippen LogP contribution in [0.4, 0.5) is 0 Å². The Kier molecular flexibility index (Phi) is 3.23. The van der Waals surface area contributed by atoms with Crippen molar-refractivity contribution < 1.29 is 17.1 Å². The van der Waals surface area contributed by atoms with Gasteiger partial charge in [0.1, 0.15) is 5.69 Å². The molecule has 0 fully saturated rings. The molecule has 1 aromatic heterocycles. The quantitative estimate of drug-likeness (QED) is 0.736.